The van der Waals surface area contributed by atoms with Crippen LogP contribution in [0.3, 0.4) is 0 Å². The standard InChI is InChI=1S/C23H42.C9H18/c1-4-6-10-21-17(3)16-20-9-7-11-22(20)23(21)19-14-12-18(8-5-2)13-15-19;1-3-9-6-4-8(2)5-7-9/h17-23H,4-16H2,1-3H3;8-9H,3-7H2,1-2H3. The van der Waals surface area contributed by atoms with Gasteiger partial charge in [0.25, 0.3) is 0 Å². The van der Waals surface area contributed by atoms with Crippen LogP contribution in [-0.4, -0.2) is 0 Å². The van der Waals surface area contributed by atoms with Crippen molar-refractivity contribution < 1.29 is 0 Å². The van der Waals surface area contributed by atoms with Crippen molar-refractivity contribution in [2.24, 2.45) is 53.3 Å². The topological polar surface area (TPSA) is 0 Å². The Bertz CT molecular complexity index is 478. The van der Waals surface area contributed by atoms with Gasteiger partial charge in [-0.2, -0.15) is 0 Å². The highest BCUT2D eigenvalue weighted by atomic mass is 14.5. The molecule has 32 heavy (non-hydrogen) atoms. The largest absolute Gasteiger partial charge is 0.0654 e. The molecule has 0 aromatic rings. The molecule has 0 aromatic carbocycles. The highest BCUT2D eigenvalue weighted by molar-refractivity contribution is 4.97. The van der Waals surface area contributed by atoms with E-state index < -0.39 is 0 Å². The van der Waals surface area contributed by atoms with E-state index >= 15 is 0 Å². The van der Waals surface area contributed by atoms with Gasteiger partial charge in [0.05, 0.1) is 0 Å². The molecule has 188 valence electrons. The Morgan fingerprint density at radius 3 is 1.94 bits per heavy atom. The molecule has 0 aliphatic heterocycles. The molecule has 0 saturated heterocycles. The minimum Gasteiger partial charge on any atom is -0.0654 e. The average Bonchev–Trinajstić information content (AvgIpc) is 3.27. The lowest BCUT2D eigenvalue weighted by atomic mass is 9.56. The fourth-order valence-corrected chi connectivity index (χ4v) is 8.84. The van der Waals surface area contributed by atoms with E-state index in [0.717, 1.165) is 53.3 Å². The molecule has 5 unspecified atom stereocenters. The fourth-order valence-electron chi connectivity index (χ4n) is 8.84. The lowest BCUT2D eigenvalue weighted by Crippen LogP contribution is -2.42. The first-order chi connectivity index (χ1) is 15.6. The summed E-state index contributed by atoms with van der Waals surface area (Å²) in [5, 5.41) is 0. The molecule has 0 heteroatoms. The molecule has 0 radical (unpaired) electrons. The van der Waals surface area contributed by atoms with Crippen LogP contribution in [0.5, 0.6) is 0 Å². The molecule has 4 saturated carbocycles. The third-order valence-corrected chi connectivity index (χ3v) is 10.8. The second-order valence-corrected chi connectivity index (χ2v) is 13.1. The summed E-state index contributed by atoms with van der Waals surface area (Å²) in [6.45, 7) is 12.1. The van der Waals surface area contributed by atoms with Crippen LogP contribution in [0.4, 0.5) is 0 Å². The zero-order valence-corrected chi connectivity index (χ0v) is 22.9. The number of hydrogen-bond acceptors (Lipinski definition) is 0. The van der Waals surface area contributed by atoms with Gasteiger partial charge in [-0.25, -0.2) is 0 Å². The maximum atomic E-state index is 2.62. The Morgan fingerprint density at radius 2 is 1.31 bits per heavy atom. The summed E-state index contributed by atoms with van der Waals surface area (Å²) in [5.74, 6) is 9.70. The summed E-state index contributed by atoms with van der Waals surface area (Å²) in [6.07, 6.45) is 27.2. The van der Waals surface area contributed by atoms with Crippen molar-refractivity contribution in [3.8, 4) is 0 Å². The third-order valence-electron chi connectivity index (χ3n) is 10.8. The van der Waals surface area contributed by atoms with Crippen LogP contribution < -0.4 is 0 Å². The van der Waals surface area contributed by atoms with Gasteiger partial charge in [0.2, 0.25) is 0 Å². The first kappa shape index (κ1) is 26.6. The molecule has 0 N–H and O–H groups in total. The van der Waals surface area contributed by atoms with Crippen LogP contribution in [-0.2, 0) is 0 Å². The highest BCUT2D eigenvalue weighted by Crippen LogP contribution is 2.56. The molecule has 0 spiro atoms. The van der Waals surface area contributed by atoms with Crippen molar-refractivity contribution >= 4 is 0 Å². The maximum absolute atomic E-state index is 2.62. The van der Waals surface area contributed by atoms with Crippen LogP contribution in [0.2, 0.25) is 0 Å². The van der Waals surface area contributed by atoms with E-state index in [1.54, 1.807) is 57.8 Å². The number of hydrogen-bond donors (Lipinski definition) is 0. The summed E-state index contributed by atoms with van der Waals surface area (Å²) < 4.78 is 0. The van der Waals surface area contributed by atoms with Crippen molar-refractivity contribution in [2.75, 3.05) is 0 Å². The fraction of sp³-hybridized carbons (Fsp3) is 1.00. The summed E-state index contributed by atoms with van der Waals surface area (Å²) in [5.41, 5.74) is 0. The maximum Gasteiger partial charge on any atom is -0.0324 e. The quantitative estimate of drug-likeness (QED) is 0.366. The van der Waals surface area contributed by atoms with E-state index in [0.29, 0.717) is 0 Å². The molecular formula is C32H60. The molecule has 4 rings (SSSR count). The monoisotopic (exact) mass is 444 g/mol. The molecular weight excluding hydrogens is 384 g/mol. The van der Waals surface area contributed by atoms with Crippen molar-refractivity contribution in [3.63, 3.8) is 0 Å². The molecule has 5 atom stereocenters. The van der Waals surface area contributed by atoms with Crippen LogP contribution >= 0.6 is 0 Å². The first-order valence-electron chi connectivity index (χ1n) is 15.6. The molecule has 4 aliphatic rings. The van der Waals surface area contributed by atoms with Crippen LogP contribution in [0.15, 0.2) is 0 Å². The van der Waals surface area contributed by atoms with E-state index in [-0.39, 0.29) is 0 Å². The molecule has 0 aromatic heterocycles. The number of unbranched alkanes of at least 4 members (excludes halogenated alkanes) is 1. The van der Waals surface area contributed by atoms with Gasteiger partial charge < -0.3 is 0 Å². The highest BCUT2D eigenvalue weighted by Gasteiger charge is 2.47. The minimum absolute atomic E-state index is 1.01. The van der Waals surface area contributed by atoms with Gasteiger partial charge in [-0.05, 0) is 85.4 Å². The summed E-state index contributed by atoms with van der Waals surface area (Å²) in [6, 6.07) is 0. The second-order valence-electron chi connectivity index (χ2n) is 13.1. The lowest BCUT2D eigenvalue weighted by molar-refractivity contribution is -0.00284. The van der Waals surface area contributed by atoms with Gasteiger partial charge in [0.15, 0.2) is 0 Å². The van der Waals surface area contributed by atoms with E-state index in [4.69, 9.17) is 0 Å². The zero-order valence-electron chi connectivity index (χ0n) is 22.9. The smallest absolute Gasteiger partial charge is 0.0324 e. The number of fused-ring (bicyclic) bond motifs is 1. The van der Waals surface area contributed by atoms with Crippen LogP contribution in [0, 0.1) is 53.3 Å². The molecule has 0 heterocycles. The van der Waals surface area contributed by atoms with Gasteiger partial charge in [-0.15, -0.1) is 0 Å². The Hall–Kier alpha value is 0. The van der Waals surface area contributed by atoms with E-state index in [1.807, 2.05) is 0 Å². The molecule has 4 fully saturated rings. The van der Waals surface area contributed by atoms with Gasteiger partial charge in [0.1, 0.15) is 0 Å². The van der Waals surface area contributed by atoms with E-state index in [2.05, 4.69) is 34.6 Å². The van der Waals surface area contributed by atoms with E-state index in [9.17, 15) is 0 Å². The SMILES string of the molecule is CCC1CCC(C)CC1.CCCCC1C(C)CC2CCCC2C1C1CCC(CCC)CC1. The summed E-state index contributed by atoms with van der Waals surface area (Å²) in [7, 11) is 0. The lowest BCUT2D eigenvalue weighted by Gasteiger charge is -2.49. The Morgan fingerprint density at radius 1 is 0.625 bits per heavy atom. The van der Waals surface area contributed by atoms with Crippen molar-refractivity contribution in [3.05, 3.63) is 0 Å². The van der Waals surface area contributed by atoms with Gasteiger partial charge in [-0.3, -0.25) is 0 Å². The predicted molar refractivity (Wildman–Crippen MR) is 143 cm³/mol. The van der Waals surface area contributed by atoms with Gasteiger partial charge >= 0.3 is 0 Å². The van der Waals surface area contributed by atoms with E-state index in [1.165, 1.54) is 57.8 Å². The summed E-state index contributed by atoms with van der Waals surface area (Å²) in [4.78, 5) is 0. The van der Waals surface area contributed by atoms with Crippen LogP contribution in [0.25, 0.3) is 0 Å². The van der Waals surface area contributed by atoms with Crippen molar-refractivity contribution in [1.82, 2.24) is 0 Å². The van der Waals surface area contributed by atoms with Crippen molar-refractivity contribution in [1.29, 1.82) is 0 Å². The minimum atomic E-state index is 1.01. The van der Waals surface area contributed by atoms with Gasteiger partial charge in [0, 0.05) is 0 Å². The molecule has 0 amide bonds. The van der Waals surface area contributed by atoms with Crippen LogP contribution in [0.1, 0.15) is 150 Å². The normalized spacial score (nSPS) is 42.1. The predicted octanol–water partition coefficient (Wildman–Crippen LogP) is 10.7. The molecule has 4 aliphatic carbocycles. The van der Waals surface area contributed by atoms with Crippen molar-refractivity contribution in [2.45, 2.75) is 150 Å². The zero-order chi connectivity index (χ0) is 22.9. The second kappa shape index (κ2) is 13.8. The summed E-state index contributed by atoms with van der Waals surface area (Å²) >= 11 is 0. The molecule has 0 bridgehead atoms. The number of rotatable bonds is 7. The third kappa shape index (κ3) is 7.25. The average molecular weight is 445 g/mol. The molecule has 0 nitrogen and oxygen atoms in total. The Labute approximate surface area is 203 Å². The van der Waals surface area contributed by atoms with Gasteiger partial charge in [-0.1, -0.05) is 118 Å². The first-order valence-corrected chi connectivity index (χ1v) is 15.6. The Kier molecular flexibility index (Phi) is 11.5. The Balaban J connectivity index is 0.000000269.